The summed E-state index contributed by atoms with van der Waals surface area (Å²) >= 11 is 7.79. The molecule has 0 saturated carbocycles. The highest BCUT2D eigenvalue weighted by molar-refractivity contribution is 8.29. The zero-order valence-corrected chi connectivity index (χ0v) is 24.0. The first kappa shape index (κ1) is 28.4. The van der Waals surface area contributed by atoms with Crippen molar-refractivity contribution < 1.29 is 32.8 Å². The minimum absolute atomic E-state index is 0.169. The molecule has 0 saturated heterocycles. The molecular formula is C31H22Cl2O5S2. The Balaban J connectivity index is 1.52. The molecule has 0 spiro atoms. The van der Waals surface area contributed by atoms with Crippen LogP contribution in [-0.4, -0.2) is 5.78 Å². The summed E-state index contributed by atoms with van der Waals surface area (Å²) in [4.78, 5) is 16.3. The van der Waals surface area contributed by atoms with Gasteiger partial charge in [0.15, 0.2) is 5.78 Å². The van der Waals surface area contributed by atoms with Gasteiger partial charge in [-0.15, -0.1) is 0 Å². The molecule has 202 valence electrons. The zero-order valence-electron chi connectivity index (χ0n) is 20.8. The Morgan fingerprint density at radius 1 is 0.650 bits per heavy atom. The van der Waals surface area contributed by atoms with E-state index < -0.39 is 20.6 Å². The molecule has 0 aliphatic heterocycles. The highest BCUT2D eigenvalue weighted by atomic mass is 35.7. The topological polar surface area (TPSA) is 95.5 Å². The zero-order chi connectivity index (χ0) is 28.2. The molecule has 5 aromatic carbocycles. The second-order valence-corrected chi connectivity index (χ2v) is 13.9. The standard InChI is InChI=1S/C31H22Cl2O5S2/c32-30-21-18-25(22-29(30)31(34)23-10-4-1-5-11-23)39-24-16-19-28(20-17-24)40(38-33(35,36)37,26-12-6-2-7-13-26)27-14-8-3-9-15-27/h1-22H. The van der Waals surface area contributed by atoms with Crippen LogP contribution >= 0.6 is 33.7 Å². The molecule has 0 aliphatic carbocycles. The summed E-state index contributed by atoms with van der Waals surface area (Å²) in [5.41, 5.74) is 0.948. The molecule has 0 fully saturated rings. The van der Waals surface area contributed by atoms with E-state index in [1.165, 1.54) is 11.8 Å². The molecule has 0 heterocycles. The number of carbonyl (C=O) groups excluding carboxylic acids is 1. The van der Waals surface area contributed by atoms with Gasteiger partial charge in [-0.3, -0.25) is 4.79 Å². The van der Waals surface area contributed by atoms with Crippen molar-refractivity contribution >= 4 is 39.5 Å². The van der Waals surface area contributed by atoms with Gasteiger partial charge in [-0.1, -0.05) is 90.1 Å². The van der Waals surface area contributed by atoms with Gasteiger partial charge in [0.1, 0.15) is 3.74 Å². The molecular weight excluding hydrogens is 587 g/mol. The molecule has 0 atom stereocenters. The fourth-order valence-corrected chi connectivity index (χ4v) is 9.46. The highest BCUT2D eigenvalue weighted by Crippen LogP contribution is 2.70. The SMILES string of the molecule is O=C(c1ccccc1)c1cc(Sc2ccc(S(O[Cl+3]([O-])([O-])[O-])(c3ccccc3)c3ccccc3)cc2)ccc1Cl. The summed E-state index contributed by atoms with van der Waals surface area (Å²) in [6, 6.07) is 39.2. The number of hydrogen-bond donors (Lipinski definition) is 0. The molecule has 40 heavy (non-hydrogen) atoms. The van der Waals surface area contributed by atoms with Crippen molar-refractivity contribution in [1.82, 2.24) is 0 Å². The Labute approximate surface area is 245 Å². The Hall–Kier alpha value is -3.11. The minimum Gasteiger partial charge on any atom is -0.289 e. The van der Waals surface area contributed by atoms with Gasteiger partial charge in [0.05, 0.1) is 25.6 Å². The second kappa shape index (κ2) is 12.2. The van der Waals surface area contributed by atoms with Crippen molar-refractivity contribution in [3.05, 3.63) is 150 Å². The number of benzene rings is 5. The first-order valence-corrected chi connectivity index (χ1v) is 16.0. The number of hydrogen-bond acceptors (Lipinski definition) is 6. The van der Waals surface area contributed by atoms with Crippen LogP contribution in [0.15, 0.2) is 158 Å². The summed E-state index contributed by atoms with van der Waals surface area (Å²) in [7, 11) is -7.69. The van der Waals surface area contributed by atoms with Crippen LogP contribution in [0.1, 0.15) is 15.9 Å². The van der Waals surface area contributed by atoms with Crippen molar-refractivity contribution in [1.29, 1.82) is 0 Å². The van der Waals surface area contributed by atoms with E-state index >= 15 is 0 Å². The maximum Gasteiger partial charge on any atom is 0.194 e. The summed E-state index contributed by atoms with van der Waals surface area (Å²) < 4.78 is 41.6. The lowest BCUT2D eigenvalue weighted by Crippen LogP contribution is -2.61. The summed E-state index contributed by atoms with van der Waals surface area (Å²) in [5, 5.41) is 0.364. The monoisotopic (exact) mass is 608 g/mol. The van der Waals surface area contributed by atoms with Gasteiger partial charge in [-0.05, 0) is 66.7 Å². The van der Waals surface area contributed by atoms with Crippen LogP contribution in [0.4, 0.5) is 0 Å². The second-order valence-electron chi connectivity index (χ2n) is 8.53. The van der Waals surface area contributed by atoms with Gasteiger partial charge < -0.3 is 0 Å². The lowest BCUT2D eigenvalue weighted by molar-refractivity contribution is -1.91. The Morgan fingerprint density at radius 3 is 1.65 bits per heavy atom. The van der Waals surface area contributed by atoms with Crippen LogP contribution in [0.5, 0.6) is 0 Å². The normalized spacial score (nSPS) is 12.2. The van der Waals surface area contributed by atoms with E-state index in [9.17, 15) is 18.8 Å². The Morgan fingerprint density at radius 2 is 1.12 bits per heavy atom. The van der Waals surface area contributed by atoms with Gasteiger partial charge >= 0.3 is 0 Å². The molecule has 5 rings (SSSR count). The van der Waals surface area contributed by atoms with E-state index in [0.29, 0.717) is 30.8 Å². The van der Waals surface area contributed by atoms with Gasteiger partial charge in [-0.2, -0.15) is 14.0 Å². The van der Waals surface area contributed by atoms with Gasteiger partial charge in [0, 0.05) is 35.6 Å². The molecule has 5 aromatic rings. The lowest BCUT2D eigenvalue weighted by atomic mass is 10.0. The fourth-order valence-electron chi connectivity index (χ4n) is 4.18. The number of rotatable bonds is 9. The largest absolute Gasteiger partial charge is 0.289 e. The smallest absolute Gasteiger partial charge is 0.194 e. The Kier molecular flexibility index (Phi) is 8.65. The van der Waals surface area contributed by atoms with E-state index in [0.717, 1.165) is 9.79 Å². The summed E-state index contributed by atoms with van der Waals surface area (Å²) in [6.45, 7) is 0. The third-order valence-electron chi connectivity index (χ3n) is 5.93. The average Bonchev–Trinajstić information content (AvgIpc) is 2.98. The molecule has 9 heteroatoms. The van der Waals surface area contributed by atoms with Gasteiger partial charge in [-0.25, -0.2) is 0 Å². The van der Waals surface area contributed by atoms with Crippen molar-refractivity contribution in [2.75, 3.05) is 0 Å². The van der Waals surface area contributed by atoms with Crippen molar-refractivity contribution in [2.45, 2.75) is 24.5 Å². The number of ketones is 1. The summed E-state index contributed by atoms with van der Waals surface area (Å²) in [5.74, 6) is -0.169. The molecule has 0 radical (unpaired) electrons. The third-order valence-corrected chi connectivity index (χ3v) is 11.4. The first-order chi connectivity index (χ1) is 19.3. The highest BCUT2D eigenvalue weighted by Gasteiger charge is 2.46. The predicted octanol–water partition coefficient (Wildman–Crippen LogP) is 5.83. The van der Waals surface area contributed by atoms with Crippen molar-refractivity contribution in [3.63, 3.8) is 0 Å². The molecule has 0 amide bonds. The van der Waals surface area contributed by atoms with Crippen LogP contribution in [0.25, 0.3) is 0 Å². The molecule has 0 bridgehead atoms. The van der Waals surface area contributed by atoms with E-state index in [-0.39, 0.29) is 5.78 Å². The van der Waals surface area contributed by atoms with Gasteiger partial charge in [0.2, 0.25) is 0 Å². The van der Waals surface area contributed by atoms with Crippen LogP contribution in [0.2, 0.25) is 5.02 Å². The van der Waals surface area contributed by atoms with E-state index in [2.05, 4.69) is 0 Å². The maximum atomic E-state index is 13.0. The molecule has 0 aromatic heterocycles. The first-order valence-electron chi connectivity index (χ1n) is 12.0. The predicted molar refractivity (Wildman–Crippen MR) is 148 cm³/mol. The van der Waals surface area contributed by atoms with Crippen LogP contribution in [0.3, 0.4) is 0 Å². The molecule has 5 nitrogen and oxygen atoms in total. The molecule has 0 aliphatic rings. The molecule has 0 N–H and O–H groups in total. The molecule has 0 unspecified atom stereocenters. The average molecular weight is 610 g/mol. The van der Waals surface area contributed by atoms with E-state index in [4.69, 9.17) is 15.3 Å². The van der Waals surface area contributed by atoms with E-state index in [1.54, 1.807) is 97.1 Å². The van der Waals surface area contributed by atoms with Crippen LogP contribution < -0.4 is 14.0 Å². The van der Waals surface area contributed by atoms with Crippen molar-refractivity contribution in [3.8, 4) is 0 Å². The fraction of sp³-hybridized carbons (Fsp3) is 0. The van der Waals surface area contributed by atoms with E-state index in [1.807, 2.05) is 36.4 Å². The number of carbonyl (C=O) groups is 1. The summed E-state index contributed by atoms with van der Waals surface area (Å²) in [6.07, 6.45) is 0. The number of halogens is 2. The maximum absolute atomic E-state index is 13.0. The van der Waals surface area contributed by atoms with Crippen molar-refractivity contribution in [2.24, 2.45) is 0 Å². The van der Waals surface area contributed by atoms with Gasteiger partial charge in [0.25, 0.3) is 0 Å². The quantitative estimate of drug-likeness (QED) is 0.195. The minimum atomic E-state index is -4.77. The third kappa shape index (κ3) is 6.28. The Bertz CT molecular complexity index is 1560. The van der Waals surface area contributed by atoms with Crippen LogP contribution in [0, 0.1) is 10.2 Å². The van der Waals surface area contributed by atoms with Crippen LogP contribution in [-0.2, 0) is 3.74 Å². The lowest BCUT2D eigenvalue weighted by Gasteiger charge is -2.34.